The van der Waals surface area contributed by atoms with Gasteiger partial charge in [0.2, 0.25) is 0 Å². The van der Waals surface area contributed by atoms with Gasteiger partial charge in [-0.05, 0) is 50.4 Å². The van der Waals surface area contributed by atoms with E-state index in [1.807, 2.05) is 26.0 Å². The van der Waals surface area contributed by atoms with Crippen molar-refractivity contribution < 1.29 is 9.53 Å². The van der Waals surface area contributed by atoms with Gasteiger partial charge >= 0.3 is 5.97 Å². The maximum atomic E-state index is 12.3. The van der Waals surface area contributed by atoms with E-state index in [2.05, 4.69) is 0 Å². The SMILES string of the molecule is CC(C)OC(=O)[C@@]1(c2ccc(Cl)cc2)CC1CN.Cl. The lowest BCUT2D eigenvalue weighted by atomic mass is 9.93. The van der Waals surface area contributed by atoms with Gasteiger partial charge in [-0.3, -0.25) is 4.79 Å². The van der Waals surface area contributed by atoms with Gasteiger partial charge in [0.15, 0.2) is 0 Å². The molecular weight excluding hydrogens is 285 g/mol. The molecule has 0 amide bonds. The Morgan fingerprint density at radius 3 is 2.47 bits per heavy atom. The molecule has 3 nitrogen and oxygen atoms in total. The summed E-state index contributed by atoms with van der Waals surface area (Å²) in [6.07, 6.45) is 0.650. The third kappa shape index (κ3) is 3.04. The molecule has 106 valence electrons. The Kier molecular flexibility index (Phi) is 5.25. The molecule has 2 N–H and O–H groups in total. The van der Waals surface area contributed by atoms with Crippen LogP contribution in [0.2, 0.25) is 5.02 Å². The minimum absolute atomic E-state index is 0. The summed E-state index contributed by atoms with van der Waals surface area (Å²) in [6.45, 7) is 4.20. The van der Waals surface area contributed by atoms with Crippen molar-refractivity contribution in [2.75, 3.05) is 6.54 Å². The van der Waals surface area contributed by atoms with Crippen LogP contribution in [-0.4, -0.2) is 18.6 Å². The molecule has 1 unspecified atom stereocenters. The van der Waals surface area contributed by atoms with Crippen LogP contribution < -0.4 is 5.73 Å². The van der Waals surface area contributed by atoms with Crippen LogP contribution in [0, 0.1) is 5.92 Å². The second-order valence-corrected chi connectivity index (χ2v) is 5.51. The number of carbonyl (C=O) groups excluding carboxylic acids is 1. The van der Waals surface area contributed by atoms with Crippen molar-refractivity contribution in [1.82, 2.24) is 0 Å². The second kappa shape index (κ2) is 6.12. The van der Waals surface area contributed by atoms with E-state index >= 15 is 0 Å². The summed E-state index contributed by atoms with van der Waals surface area (Å²) in [7, 11) is 0. The van der Waals surface area contributed by atoms with E-state index < -0.39 is 5.41 Å². The van der Waals surface area contributed by atoms with Crippen molar-refractivity contribution in [2.24, 2.45) is 11.7 Å². The standard InChI is InChI=1S/C14H18ClNO2.ClH/c1-9(2)18-13(17)14(7-11(14)8-16)10-3-5-12(15)6-4-10;/h3-6,9,11H,7-8,16H2,1-2H3;1H/t11?,14-;/m1./s1. The van der Waals surface area contributed by atoms with Crippen LogP contribution in [0.15, 0.2) is 24.3 Å². The molecule has 0 aromatic heterocycles. The van der Waals surface area contributed by atoms with Gasteiger partial charge in [-0.15, -0.1) is 12.4 Å². The molecule has 1 fully saturated rings. The van der Waals surface area contributed by atoms with Crippen LogP contribution in [0.25, 0.3) is 0 Å². The zero-order valence-corrected chi connectivity index (χ0v) is 12.6. The molecule has 1 aliphatic carbocycles. The fourth-order valence-corrected chi connectivity index (χ4v) is 2.53. The van der Waals surface area contributed by atoms with E-state index in [-0.39, 0.29) is 30.4 Å². The van der Waals surface area contributed by atoms with E-state index in [9.17, 15) is 4.79 Å². The normalized spacial score (nSPS) is 24.8. The maximum Gasteiger partial charge on any atom is 0.317 e. The molecule has 0 aliphatic heterocycles. The largest absolute Gasteiger partial charge is 0.462 e. The first kappa shape index (κ1) is 16.3. The first-order chi connectivity index (χ1) is 8.50. The first-order valence-electron chi connectivity index (χ1n) is 6.18. The highest BCUT2D eigenvalue weighted by molar-refractivity contribution is 6.30. The van der Waals surface area contributed by atoms with Crippen LogP contribution in [-0.2, 0) is 14.9 Å². The van der Waals surface area contributed by atoms with Gasteiger partial charge in [0.25, 0.3) is 0 Å². The van der Waals surface area contributed by atoms with Crippen molar-refractivity contribution in [3.8, 4) is 0 Å². The average Bonchev–Trinajstić information content (AvgIpc) is 3.05. The molecule has 0 radical (unpaired) electrons. The van der Waals surface area contributed by atoms with Crippen molar-refractivity contribution in [2.45, 2.75) is 31.8 Å². The summed E-state index contributed by atoms with van der Waals surface area (Å²) in [4.78, 5) is 12.3. The first-order valence-corrected chi connectivity index (χ1v) is 6.55. The fraction of sp³-hybridized carbons (Fsp3) is 0.500. The minimum Gasteiger partial charge on any atom is -0.462 e. The second-order valence-electron chi connectivity index (χ2n) is 5.07. The van der Waals surface area contributed by atoms with Crippen molar-refractivity contribution in [3.63, 3.8) is 0 Å². The highest BCUT2D eigenvalue weighted by atomic mass is 35.5. The Morgan fingerprint density at radius 2 is 2.05 bits per heavy atom. The summed E-state index contributed by atoms with van der Waals surface area (Å²) >= 11 is 5.88. The molecule has 1 aliphatic rings. The molecule has 2 atom stereocenters. The number of carbonyl (C=O) groups is 1. The number of hydrogen-bond donors (Lipinski definition) is 1. The van der Waals surface area contributed by atoms with E-state index in [0.717, 1.165) is 12.0 Å². The van der Waals surface area contributed by atoms with E-state index in [1.165, 1.54) is 0 Å². The molecule has 19 heavy (non-hydrogen) atoms. The van der Waals surface area contributed by atoms with Gasteiger partial charge in [-0.25, -0.2) is 0 Å². The summed E-state index contributed by atoms with van der Waals surface area (Å²) in [5.41, 5.74) is 6.11. The topological polar surface area (TPSA) is 52.3 Å². The van der Waals surface area contributed by atoms with E-state index in [4.69, 9.17) is 22.1 Å². The molecule has 2 rings (SSSR count). The molecular formula is C14H19Cl2NO2. The Morgan fingerprint density at radius 1 is 1.47 bits per heavy atom. The van der Waals surface area contributed by atoms with E-state index in [0.29, 0.717) is 11.6 Å². The third-order valence-corrected chi connectivity index (χ3v) is 3.71. The van der Waals surface area contributed by atoms with Gasteiger partial charge in [0.05, 0.1) is 11.5 Å². The minimum atomic E-state index is -0.552. The van der Waals surface area contributed by atoms with Crippen LogP contribution in [0.3, 0.4) is 0 Å². The Hall–Kier alpha value is -0.770. The quantitative estimate of drug-likeness (QED) is 0.870. The molecule has 1 aromatic carbocycles. The zero-order valence-electron chi connectivity index (χ0n) is 11.1. The van der Waals surface area contributed by atoms with Crippen LogP contribution in [0.4, 0.5) is 0 Å². The van der Waals surface area contributed by atoms with Gasteiger partial charge in [-0.2, -0.15) is 0 Å². The summed E-state index contributed by atoms with van der Waals surface area (Å²) in [5.74, 6) is 0.000183. The number of ether oxygens (including phenoxy) is 1. The number of halogens is 2. The zero-order chi connectivity index (χ0) is 13.3. The number of esters is 1. The van der Waals surface area contributed by atoms with Gasteiger partial charge < -0.3 is 10.5 Å². The highest BCUT2D eigenvalue weighted by Crippen LogP contribution is 2.54. The fourth-order valence-electron chi connectivity index (χ4n) is 2.40. The van der Waals surface area contributed by atoms with Crippen molar-refractivity contribution in [1.29, 1.82) is 0 Å². The number of hydrogen-bond acceptors (Lipinski definition) is 3. The highest BCUT2D eigenvalue weighted by Gasteiger charge is 2.61. The van der Waals surface area contributed by atoms with Gasteiger partial charge in [0, 0.05) is 5.02 Å². The Balaban J connectivity index is 0.00000180. The van der Waals surface area contributed by atoms with Crippen LogP contribution in [0.5, 0.6) is 0 Å². The van der Waals surface area contributed by atoms with Gasteiger partial charge in [-0.1, -0.05) is 23.7 Å². The lowest BCUT2D eigenvalue weighted by Gasteiger charge is -2.18. The molecule has 1 saturated carbocycles. The molecule has 0 saturated heterocycles. The monoisotopic (exact) mass is 303 g/mol. The van der Waals surface area contributed by atoms with Crippen LogP contribution in [0.1, 0.15) is 25.8 Å². The molecule has 1 aromatic rings. The summed E-state index contributed by atoms with van der Waals surface area (Å²) < 4.78 is 5.37. The van der Waals surface area contributed by atoms with Crippen molar-refractivity contribution >= 4 is 30.0 Å². The number of benzene rings is 1. The number of rotatable bonds is 4. The lowest BCUT2D eigenvalue weighted by Crippen LogP contribution is -2.29. The smallest absolute Gasteiger partial charge is 0.317 e. The Bertz CT molecular complexity index is 447. The average molecular weight is 304 g/mol. The molecule has 0 bridgehead atoms. The lowest BCUT2D eigenvalue weighted by molar-refractivity contribution is -0.151. The van der Waals surface area contributed by atoms with Crippen LogP contribution >= 0.6 is 24.0 Å². The van der Waals surface area contributed by atoms with E-state index in [1.54, 1.807) is 12.1 Å². The maximum absolute atomic E-state index is 12.3. The predicted molar refractivity (Wildman–Crippen MR) is 78.8 cm³/mol. The summed E-state index contributed by atoms with van der Waals surface area (Å²) in [6, 6.07) is 7.37. The number of nitrogens with two attached hydrogens (primary N) is 1. The van der Waals surface area contributed by atoms with Gasteiger partial charge in [0.1, 0.15) is 0 Å². The molecule has 5 heteroatoms. The molecule has 0 spiro atoms. The predicted octanol–water partition coefficient (Wildman–Crippen LogP) is 2.93. The Labute approximate surface area is 124 Å². The summed E-state index contributed by atoms with van der Waals surface area (Å²) in [5, 5.41) is 0.663. The molecule has 0 heterocycles. The third-order valence-electron chi connectivity index (χ3n) is 3.46. The van der Waals surface area contributed by atoms with Crippen molar-refractivity contribution in [3.05, 3.63) is 34.9 Å².